The van der Waals surface area contributed by atoms with Gasteiger partial charge < -0.3 is 9.80 Å². The summed E-state index contributed by atoms with van der Waals surface area (Å²) in [5.74, 6) is 1.57. The highest BCUT2D eigenvalue weighted by atomic mass is 32.1. The first-order chi connectivity index (χ1) is 8.99. The molecular weight excluding hydrogens is 260 g/mol. The normalized spacial score (nSPS) is 19.8. The minimum atomic E-state index is 0.0927. The SMILES string of the molecule is CC(C)c1nsc(N2CCCC(C(=O)N(C)C)C2)n1. The van der Waals surface area contributed by atoms with Gasteiger partial charge in [0.25, 0.3) is 0 Å². The first-order valence-electron chi connectivity index (χ1n) is 6.78. The molecule has 0 aromatic carbocycles. The highest BCUT2D eigenvalue weighted by Crippen LogP contribution is 2.27. The minimum Gasteiger partial charge on any atom is -0.349 e. The summed E-state index contributed by atoms with van der Waals surface area (Å²) in [7, 11) is 3.65. The van der Waals surface area contributed by atoms with E-state index in [4.69, 9.17) is 0 Å². The lowest BCUT2D eigenvalue weighted by Crippen LogP contribution is -2.42. The van der Waals surface area contributed by atoms with Gasteiger partial charge in [-0.05, 0) is 12.8 Å². The van der Waals surface area contributed by atoms with Crippen molar-refractivity contribution in [2.75, 3.05) is 32.1 Å². The quantitative estimate of drug-likeness (QED) is 0.850. The van der Waals surface area contributed by atoms with Gasteiger partial charge in [-0.2, -0.15) is 4.37 Å². The number of amides is 1. The van der Waals surface area contributed by atoms with E-state index in [1.165, 1.54) is 11.5 Å². The topological polar surface area (TPSA) is 49.3 Å². The highest BCUT2D eigenvalue weighted by Gasteiger charge is 2.28. The highest BCUT2D eigenvalue weighted by molar-refractivity contribution is 7.09. The van der Waals surface area contributed by atoms with Crippen molar-refractivity contribution in [1.82, 2.24) is 14.3 Å². The van der Waals surface area contributed by atoms with Crippen LogP contribution in [0.25, 0.3) is 0 Å². The number of nitrogens with zero attached hydrogens (tertiary/aromatic N) is 4. The van der Waals surface area contributed by atoms with Crippen LogP contribution in [0.1, 0.15) is 38.4 Å². The Balaban J connectivity index is 2.06. The van der Waals surface area contributed by atoms with Gasteiger partial charge in [-0.1, -0.05) is 13.8 Å². The zero-order chi connectivity index (χ0) is 14.0. The lowest BCUT2D eigenvalue weighted by atomic mass is 9.97. The summed E-state index contributed by atoms with van der Waals surface area (Å²) in [4.78, 5) is 20.5. The summed E-state index contributed by atoms with van der Waals surface area (Å²) in [5.41, 5.74) is 0. The van der Waals surface area contributed by atoms with E-state index in [0.29, 0.717) is 5.92 Å². The lowest BCUT2D eigenvalue weighted by Gasteiger charge is -2.32. The number of anilines is 1. The van der Waals surface area contributed by atoms with Crippen LogP contribution in [0, 0.1) is 5.92 Å². The fraction of sp³-hybridized carbons (Fsp3) is 0.769. The van der Waals surface area contributed by atoms with Gasteiger partial charge in [0.1, 0.15) is 5.82 Å². The van der Waals surface area contributed by atoms with Crippen LogP contribution in [0.15, 0.2) is 0 Å². The number of carbonyl (C=O) groups is 1. The zero-order valence-electron chi connectivity index (χ0n) is 12.1. The predicted molar refractivity (Wildman–Crippen MR) is 77.6 cm³/mol. The molecule has 2 heterocycles. The average molecular weight is 282 g/mol. The Labute approximate surface area is 118 Å². The smallest absolute Gasteiger partial charge is 0.226 e. The van der Waals surface area contributed by atoms with E-state index in [0.717, 1.165) is 36.9 Å². The molecule has 1 atom stereocenters. The van der Waals surface area contributed by atoms with Gasteiger partial charge in [-0.3, -0.25) is 4.79 Å². The third-order valence-electron chi connectivity index (χ3n) is 3.43. The maximum absolute atomic E-state index is 12.1. The zero-order valence-corrected chi connectivity index (χ0v) is 12.9. The molecule has 0 saturated carbocycles. The standard InChI is InChI=1S/C13H22N4OS/c1-9(2)11-14-13(19-15-11)17-7-5-6-10(8-17)12(18)16(3)4/h9-10H,5-8H2,1-4H3. The van der Waals surface area contributed by atoms with Crippen molar-refractivity contribution in [1.29, 1.82) is 0 Å². The minimum absolute atomic E-state index is 0.0927. The molecule has 1 aliphatic heterocycles. The summed E-state index contributed by atoms with van der Waals surface area (Å²) in [6.07, 6.45) is 2.02. The first kappa shape index (κ1) is 14.2. The monoisotopic (exact) mass is 282 g/mol. The largest absolute Gasteiger partial charge is 0.349 e. The molecule has 1 aromatic heterocycles. The van der Waals surface area contributed by atoms with Crippen LogP contribution < -0.4 is 4.90 Å². The Kier molecular flexibility index (Phi) is 4.39. The molecule has 0 spiro atoms. The molecule has 0 bridgehead atoms. The van der Waals surface area contributed by atoms with Gasteiger partial charge in [-0.15, -0.1) is 0 Å². The summed E-state index contributed by atoms with van der Waals surface area (Å²) in [6, 6.07) is 0. The number of hydrogen-bond donors (Lipinski definition) is 0. The van der Waals surface area contributed by atoms with Crippen molar-refractivity contribution in [2.24, 2.45) is 5.92 Å². The average Bonchev–Trinajstić information content (AvgIpc) is 2.87. The molecule has 106 valence electrons. The number of carbonyl (C=O) groups excluding carboxylic acids is 1. The van der Waals surface area contributed by atoms with Gasteiger partial charge in [0.15, 0.2) is 0 Å². The van der Waals surface area contributed by atoms with E-state index < -0.39 is 0 Å². The van der Waals surface area contributed by atoms with Crippen LogP contribution in [-0.4, -0.2) is 47.3 Å². The second kappa shape index (κ2) is 5.86. The van der Waals surface area contributed by atoms with Gasteiger partial charge in [0.2, 0.25) is 11.0 Å². The van der Waals surface area contributed by atoms with Gasteiger partial charge >= 0.3 is 0 Å². The fourth-order valence-electron chi connectivity index (χ4n) is 2.31. The van der Waals surface area contributed by atoms with Crippen LogP contribution in [0.3, 0.4) is 0 Å². The summed E-state index contributed by atoms with van der Waals surface area (Å²) >= 11 is 1.45. The third kappa shape index (κ3) is 3.23. The maximum atomic E-state index is 12.1. The second-order valence-corrected chi connectivity index (χ2v) is 6.34. The van der Waals surface area contributed by atoms with Crippen molar-refractivity contribution in [3.8, 4) is 0 Å². The van der Waals surface area contributed by atoms with E-state index in [9.17, 15) is 4.79 Å². The molecule has 0 radical (unpaired) electrons. The molecule has 6 heteroatoms. The number of rotatable bonds is 3. The molecule has 0 aliphatic carbocycles. The molecule has 1 saturated heterocycles. The summed E-state index contributed by atoms with van der Waals surface area (Å²) < 4.78 is 4.39. The molecule has 5 nitrogen and oxygen atoms in total. The van der Waals surface area contributed by atoms with Crippen LogP contribution in [0.4, 0.5) is 5.13 Å². The molecule has 1 fully saturated rings. The van der Waals surface area contributed by atoms with Crippen LogP contribution in [-0.2, 0) is 4.79 Å². The molecule has 1 amide bonds. The van der Waals surface area contributed by atoms with E-state index in [2.05, 4.69) is 28.1 Å². The van der Waals surface area contributed by atoms with Crippen LogP contribution in [0.5, 0.6) is 0 Å². The van der Waals surface area contributed by atoms with Gasteiger partial charge in [0, 0.05) is 44.6 Å². The Hall–Kier alpha value is -1.17. The molecule has 1 aromatic rings. The van der Waals surface area contributed by atoms with Crippen molar-refractivity contribution in [3.63, 3.8) is 0 Å². The van der Waals surface area contributed by atoms with Crippen LogP contribution >= 0.6 is 11.5 Å². The maximum Gasteiger partial charge on any atom is 0.226 e. The van der Waals surface area contributed by atoms with E-state index in [1.807, 2.05) is 14.1 Å². The van der Waals surface area contributed by atoms with Gasteiger partial charge in [0.05, 0.1) is 5.92 Å². The van der Waals surface area contributed by atoms with Crippen LogP contribution in [0.2, 0.25) is 0 Å². The predicted octanol–water partition coefficient (Wildman–Crippen LogP) is 1.97. The number of hydrogen-bond acceptors (Lipinski definition) is 5. The Bertz CT molecular complexity index is 444. The Morgan fingerprint density at radius 1 is 1.47 bits per heavy atom. The molecule has 1 aliphatic rings. The van der Waals surface area contributed by atoms with Gasteiger partial charge in [-0.25, -0.2) is 4.98 Å². The second-order valence-electron chi connectivity index (χ2n) is 5.61. The molecule has 1 unspecified atom stereocenters. The Morgan fingerprint density at radius 3 is 2.79 bits per heavy atom. The van der Waals surface area contributed by atoms with E-state index in [-0.39, 0.29) is 11.8 Å². The third-order valence-corrected chi connectivity index (χ3v) is 4.22. The molecular formula is C13H22N4OS. The first-order valence-corrected chi connectivity index (χ1v) is 7.56. The summed E-state index contributed by atoms with van der Waals surface area (Å²) in [6.45, 7) is 5.94. The van der Waals surface area contributed by atoms with E-state index >= 15 is 0 Å². The number of piperidine rings is 1. The van der Waals surface area contributed by atoms with Crippen molar-refractivity contribution >= 4 is 22.6 Å². The summed E-state index contributed by atoms with van der Waals surface area (Å²) in [5, 5.41) is 0.958. The van der Waals surface area contributed by atoms with Crippen molar-refractivity contribution < 1.29 is 4.79 Å². The Morgan fingerprint density at radius 2 is 2.21 bits per heavy atom. The van der Waals surface area contributed by atoms with Crippen molar-refractivity contribution in [3.05, 3.63) is 5.82 Å². The number of aromatic nitrogens is 2. The van der Waals surface area contributed by atoms with E-state index in [1.54, 1.807) is 4.90 Å². The lowest BCUT2D eigenvalue weighted by molar-refractivity contribution is -0.133. The fourth-order valence-corrected chi connectivity index (χ4v) is 3.15. The molecule has 2 rings (SSSR count). The molecule has 19 heavy (non-hydrogen) atoms. The van der Waals surface area contributed by atoms with Crippen molar-refractivity contribution in [2.45, 2.75) is 32.6 Å². The molecule has 0 N–H and O–H groups in total.